The fourth-order valence-corrected chi connectivity index (χ4v) is 10.8. The molecule has 2 aliphatic heterocycles. The number of methoxy groups -OCH3 is 1. The monoisotopic (exact) mass is 864 g/mol. The van der Waals surface area contributed by atoms with Gasteiger partial charge in [0.05, 0.1) is 18.4 Å². The summed E-state index contributed by atoms with van der Waals surface area (Å²) in [5, 5.41) is 17.7. The second kappa shape index (κ2) is 16.3. The lowest BCUT2D eigenvalue weighted by atomic mass is 9.82. The van der Waals surface area contributed by atoms with E-state index >= 15 is 4.79 Å². The first kappa shape index (κ1) is 43.3. The molecule has 15 nitrogen and oxygen atoms in total. The zero-order chi connectivity index (χ0) is 43.4. The number of hydrogen-bond acceptors (Lipinski definition) is 11. The number of carboxylic acid groups (broad SMARTS) is 1. The molecule has 1 saturated heterocycles. The summed E-state index contributed by atoms with van der Waals surface area (Å²) in [6, 6.07) is 3.14. The number of fused-ring (bicyclic) bond motifs is 3. The number of carbonyl (C=O) groups is 4. The Hall–Kier alpha value is -4.77. The van der Waals surface area contributed by atoms with Crippen LogP contribution < -0.4 is 19.5 Å². The lowest BCUT2D eigenvalue weighted by Crippen LogP contribution is -2.62. The van der Waals surface area contributed by atoms with Crippen molar-refractivity contribution in [3.63, 3.8) is 0 Å². The molecule has 0 bridgehead atoms. The van der Waals surface area contributed by atoms with Crippen LogP contribution in [0.4, 0.5) is 4.79 Å². The van der Waals surface area contributed by atoms with Gasteiger partial charge >= 0.3 is 6.09 Å². The van der Waals surface area contributed by atoms with Crippen molar-refractivity contribution in [1.29, 1.82) is 0 Å². The summed E-state index contributed by atoms with van der Waals surface area (Å²) in [6.45, 7) is 10.8. The van der Waals surface area contributed by atoms with Gasteiger partial charge in [0.15, 0.2) is 0 Å². The van der Waals surface area contributed by atoms with E-state index in [2.05, 4.69) is 21.9 Å². The van der Waals surface area contributed by atoms with Gasteiger partial charge < -0.3 is 24.8 Å². The highest BCUT2D eigenvalue weighted by Gasteiger charge is 2.63. The van der Waals surface area contributed by atoms with Crippen LogP contribution in [0.15, 0.2) is 48.1 Å². The number of hydrogen-bond donors (Lipinski definition) is 3. The standard InChI is InChI=1S/C43H56N6O9S2/c1-8-26-19-25(2)11-9-10-12-27-22-43(27,39(52)47-60(55,56)42(6)15-16-42)46-35(50)33-21-29(24-48(33)38(51)34(26)49(40(53)54)41(3,4)5)58-36-30-14-13-28(57-7)20-31(30)32(23-45-36)37-44-17-18-59-37/h10,12-14,17-18,20,23,25-27,29,33-34H,8-9,11,15-16,19,21-22,24H2,1-7H3,(H,46,50)(H,47,52)(H,53,54)/t25-,26-,27-,29-,33+,34+,43-/m1/s1. The Morgan fingerprint density at radius 1 is 1.15 bits per heavy atom. The number of nitrogens with one attached hydrogen (secondary N) is 2. The minimum Gasteiger partial charge on any atom is -0.497 e. The van der Waals surface area contributed by atoms with E-state index in [1.54, 1.807) is 53.3 Å². The molecule has 7 atom stereocenters. The van der Waals surface area contributed by atoms with Crippen molar-refractivity contribution in [3.05, 3.63) is 48.1 Å². The number of rotatable bonds is 9. The molecule has 17 heteroatoms. The second-order valence-corrected chi connectivity index (χ2v) is 21.2. The average molecular weight is 865 g/mol. The number of pyridine rings is 1. The Kier molecular flexibility index (Phi) is 11.7. The van der Waals surface area contributed by atoms with Crippen LogP contribution >= 0.6 is 11.3 Å². The Morgan fingerprint density at radius 2 is 1.90 bits per heavy atom. The molecule has 4 aliphatic rings. The number of amides is 4. The van der Waals surface area contributed by atoms with Gasteiger partial charge in [-0.2, -0.15) is 0 Å². The number of carbonyl (C=O) groups excluding carboxylic acids is 3. The van der Waals surface area contributed by atoms with E-state index in [1.807, 2.05) is 36.6 Å². The lowest BCUT2D eigenvalue weighted by Gasteiger charge is -2.44. The third-order valence-electron chi connectivity index (χ3n) is 12.8. The van der Waals surface area contributed by atoms with Gasteiger partial charge in [-0.05, 0) is 96.3 Å². The topological polar surface area (TPSA) is 197 Å². The molecule has 0 spiro atoms. The van der Waals surface area contributed by atoms with E-state index < -0.39 is 73.8 Å². The smallest absolute Gasteiger partial charge is 0.408 e. The highest BCUT2D eigenvalue weighted by molar-refractivity contribution is 7.91. The largest absolute Gasteiger partial charge is 0.497 e. The minimum absolute atomic E-state index is 0.0117. The van der Waals surface area contributed by atoms with E-state index in [1.165, 1.54) is 21.1 Å². The Labute approximate surface area is 355 Å². The molecule has 0 radical (unpaired) electrons. The summed E-state index contributed by atoms with van der Waals surface area (Å²) in [6.07, 6.45) is 8.60. The van der Waals surface area contributed by atoms with E-state index in [4.69, 9.17) is 14.5 Å². The molecule has 4 heterocycles. The summed E-state index contributed by atoms with van der Waals surface area (Å²) in [5.41, 5.74) is -1.79. The van der Waals surface area contributed by atoms with Crippen molar-refractivity contribution in [1.82, 2.24) is 29.8 Å². The van der Waals surface area contributed by atoms with E-state index in [0.29, 0.717) is 43.2 Å². The van der Waals surface area contributed by atoms with E-state index in [-0.39, 0.29) is 37.1 Å². The Balaban J connectivity index is 1.29. The van der Waals surface area contributed by atoms with Crippen molar-refractivity contribution >= 4 is 55.9 Å². The number of allylic oxidation sites excluding steroid dienone is 1. The van der Waals surface area contributed by atoms with Crippen LogP contribution in [0.25, 0.3) is 21.3 Å². The molecule has 1 aromatic carbocycles. The van der Waals surface area contributed by atoms with E-state index in [0.717, 1.165) is 22.4 Å². The van der Waals surface area contributed by atoms with Crippen LogP contribution in [0.5, 0.6) is 11.6 Å². The van der Waals surface area contributed by atoms with Crippen LogP contribution in [-0.2, 0) is 24.4 Å². The molecular weight excluding hydrogens is 809 g/mol. The van der Waals surface area contributed by atoms with Crippen LogP contribution in [0.2, 0.25) is 0 Å². The second-order valence-electron chi connectivity index (χ2n) is 18.1. The minimum atomic E-state index is -4.03. The third kappa shape index (κ3) is 8.30. The molecule has 60 heavy (non-hydrogen) atoms. The Morgan fingerprint density at radius 3 is 2.53 bits per heavy atom. The highest BCUT2D eigenvalue weighted by atomic mass is 32.2. The molecule has 2 aliphatic carbocycles. The van der Waals surface area contributed by atoms with Crippen LogP contribution in [0.3, 0.4) is 0 Å². The SMILES string of the molecule is CC[C@@H]1C[C@H](C)CCC=C[C@@H]2C[C@@]2(C(=O)NS(=O)(=O)C2(C)CC2)NC(=O)[C@@H]2C[C@@H](Oc3ncc(-c4nccs4)c4cc(OC)ccc34)CN2C(=O)[C@H]1N(C(=O)O)C(C)(C)C. The maximum atomic E-state index is 15.3. The van der Waals surface area contributed by atoms with Crippen molar-refractivity contribution in [2.24, 2.45) is 17.8 Å². The van der Waals surface area contributed by atoms with Gasteiger partial charge in [-0.15, -0.1) is 11.3 Å². The number of sulfonamides is 1. The summed E-state index contributed by atoms with van der Waals surface area (Å²) < 4.78 is 40.0. The molecular formula is C43H56N6O9S2. The van der Waals surface area contributed by atoms with Gasteiger partial charge in [0.1, 0.15) is 34.5 Å². The maximum absolute atomic E-state index is 15.3. The predicted molar refractivity (Wildman–Crippen MR) is 227 cm³/mol. The summed E-state index contributed by atoms with van der Waals surface area (Å²) in [5.74, 6) is -1.92. The Bertz CT molecular complexity index is 2290. The van der Waals surface area contributed by atoms with Crippen molar-refractivity contribution in [2.45, 2.75) is 127 Å². The fraction of sp³-hybridized carbons (Fsp3) is 0.581. The van der Waals surface area contributed by atoms with Crippen molar-refractivity contribution < 1.29 is 42.2 Å². The van der Waals surface area contributed by atoms with Gasteiger partial charge in [0.2, 0.25) is 27.7 Å². The number of aromatic nitrogens is 2. The zero-order valence-electron chi connectivity index (χ0n) is 35.3. The quantitative estimate of drug-likeness (QED) is 0.209. The number of nitrogens with zero attached hydrogens (tertiary/aromatic N) is 4. The van der Waals surface area contributed by atoms with Crippen LogP contribution in [0.1, 0.15) is 92.9 Å². The predicted octanol–water partition coefficient (Wildman–Crippen LogP) is 6.14. The number of ether oxygens (including phenoxy) is 2. The molecule has 324 valence electrons. The van der Waals surface area contributed by atoms with E-state index in [9.17, 15) is 27.9 Å². The van der Waals surface area contributed by atoms with Gasteiger partial charge in [0, 0.05) is 52.0 Å². The average Bonchev–Trinajstić information content (AvgIpc) is 3.94. The normalized spacial score (nSPS) is 28.1. The van der Waals surface area contributed by atoms with Crippen molar-refractivity contribution in [3.8, 4) is 22.2 Å². The first-order chi connectivity index (χ1) is 28.3. The van der Waals surface area contributed by atoms with Crippen molar-refractivity contribution in [2.75, 3.05) is 13.7 Å². The summed E-state index contributed by atoms with van der Waals surface area (Å²) in [4.78, 5) is 69.1. The molecule has 3 aromatic rings. The van der Waals surface area contributed by atoms with Gasteiger partial charge in [-0.25, -0.2) is 23.2 Å². The first-order valence-corrected chi connectivity index (χ1v) is 23.1. The number of thiazole rings is 1. The summed E-state index contributed by atoms with van der Waals surface area (Å²) in [7, 11) is -2.46. The lowest BCUT2D eigenvalue weighted by molar-refractivity contribution is -0.146. The molecule has 0 unspecified atom stereocenters. The molecule has 3 N–H and O–H groups in total. The molecule has 2 saturated carbocycles. The molecule has 2 aromatic heterocycles. The van der Waals surface area contributed by atoms with Crippen LogP contribution in [0, 0.1) is 17.8 Å². The number of benzene rings is 1. The maximum Gasteiger partial charge on any atom is 0.408 e. The summed E-state index contributed by atoms with van der Waals surface area (Å²) >= 11 is 1.46. The first-order valence-electron chi connectivity index (χ1n) is 20.7. The molecule has 4 amide bonds. The van der Waals surface area contributed by atoms with Crippen LogP contribution in [-0.4, -0.2) is 105 Å². The van der Waals surface area contributed by atoms with Gasteiger partial charge in [0.25, 0.3) is 5.91 Å². The van der Waals surface area contributed by atoms with Gasteiger partial charge in [-0.3, -0.25) is 24.0 Å². The zero-order valence-corrected chi connectivity index (χ0v) is 36.9. The third-order valence-corrected chi connectivity index (χ3v) is 15.7. The molecule has 3 fully saturated rings. The molecule has 7 rings (SSSR count). The highest BCUT2D eigenvalue weighted by Crippen LogP contribution is 2.48. The fourth-order valence-electron chi connectivity index (χ4n) is 8.85. The van der Waals surface area contributed by atoms with Gasteiger partial charge in [-0.1, -0.05) is 32.4 Å².